The van der Waals surface area contributed by atoms with Gasteiger partial charge in [-0.2, -0.15) is 0 Å². The lowest BCUT2D eigenvalue weighted by atomic mass is 10.0. The number of aromatic hydroxyl groups is 1. The van der Waals surface area contributed by atoms with Crippen LogP contribution < -0.4 is 0 Å². The van der Waals surface area contributed by atoms with Crippen molar-refractivity contribution in [1.82, 2.24) is 9.38 Å². The lowest BCUT2D eigenvalue weighted by Gasteiger charge is -2.05. The van der Waals surface area contributed by atoms with Crippen LogP contribution >= 0.6 is 0 Å². The standard InChI is InChI=1S/C17H18N2O/c1-12(2)10-13-5-7-14(8-6-13)15-11-19-9-3-4-16(20)17(19)18-15/h3-9,11-12,20H,10H2,1-2H3. The van der Waals surface area contributed by atoms with Crippen LogP contribution in [0, 0.1) is 5.92 Å². The van der Waals surface area contributed by atoms with E-state index in [2.05, 4.69) is 43.1 Å². The first-order chi connectivity index (χ1) is 9.63. The highest BCUT2D eigenvalue weighted by atomic mass is 16.3. The van der Waals surface area contributed by atoms with Gasteiger partial charge in [-0.05, 0) is 30.0 Å². The smallest absolute Gasteiger partial charge is 0.180 e. The van der Waals surface area contributed by atoms with Gasteiger partial charge in [0, 0.05) is 18.0 Å². The largest absolute Gasteiger partial charge is 0.504 e. The minimum atomic E-state index is 0.204. The molecule has 0 fully saturated rings. The Morgan fingerprint density at radius 1 is 1.15 bits per heavy atom. The molecule has 0 unspecified atom stereocenters. The van der Waals surface area contributed by atoms with Gasteiger partial charge in [0.25, 0.3) is 0 Å². The molecule has 102 valence electrons. The topological polar surface area (TPSA) is 37.5 Å². The van der Waals surface area contributed by atoms with Gasteiger partial charge in [-0.25, -0.2) is 4.98 Å². The average molecular weight is 266 g/mol. The monoisotopic (exact) mass is 266 g/mol. The summed E-state index contributed by atoms with van der Waals surface area (Å²) < 4.78 is 1.84. The van der Waals surface area contributed by atoms with E-state index in [0.717, 1.165) is 17.7 Å². The van der Waals surface area contributed by atoms with Gasteiger partial charge in [-0.3, -0.25) is 0 Å². The number of pyridine rings is 1. The zero-order valence-corrected chi connectivity index (χ0v) is 11.7. The van der Waals surface area contributed by atoms with E-state index >= 15 is 0 Å². The van der Waals surface area contributed by atoms with Crippen LogP contribution in [-0.2, 0) is 6.42 Å². The molecule has 0 aliphatic carbocycles. The summed E-state index contributed by atoms with van der Waals surface area (Å²) in [5, 5.41) is 9.79. The van der Waals surface area contributed by atoms with Gasteiger partial charge in [-0.1, -0.05) is 38.1 Å². The van der Waals surface area contributed by atoms with Crippen molar-refractivity contribution >= 4 is 5.65 Å². The van der Waals surface area contributed by atoms with Gasteiger partial charge in [0.1, 0.15) is 0 Å². The van der Waals surface area contributed by atoms with E-state index < -0.39 is 0 Å². The minimum Gasteiger partial charge on any atom is -0.504 e. The lowest BCUT2D eigenvalue weighted by Crippen LogP contribution is -1.93. The van der Waals surface area contributed by atoms with Crippen LogP contribution in [-0.4, -0.2) is 14.5 Å². The summed E-state index contributed by atoms with van der Waals surface area (Å²) >= 11 is 0. The zero-order chi connectivity index (χ0) is 14.1. The molecule has 3 aromatic rings. The lowest BCUT2D eigenvalue weighted by molar-refractivity contribution is 0.477. The molecule has 0 bridgehead atoms. The van der Waals surface area contributed by atoms with Crippen LogP contribution in [0.1, 0.15) is 19.4 Å². The van der Waals surface area contributed by atoms with Gasteiger partial charge < -0.3 is 9.51 Å². The molecule has 2 aromatic heterocycles. The summed E-state index contributed by atoms with van der Waals surface area (Å²) in [6.07, 6.45) is 4.91. The third-order valence-corrected chi connectivity index (χ3v) is 3.36. The molecule has 0 saturated carbocycles. The second-order valence-electron chi connectivity index (χ2n) is 5.55. The Hall–Kier alpha value is -2.29. The summed E-state index contributed by atoms with van der Waals surface area (Å²) in [6.45, 7) is 4.44. The van der Waals surface area contributed by atoms with Crippen molar-refractivity contribution in [3.8, 4) is 17.0 Å². The van der Waals surface area contributed by atoms with E-state index in [9.17, 15) is 5.11 Å². The maximum atomic E-state index is 9.79. The van der Waals surface area contributed by atoms with Crippen LogP contribution in [0.4, 0.5) is 0 Å². The number of aromatic nitrogens is 2. The maximum Gasteiger partial charge on any atom is 0.180 e. The van der Waals surface area contributed by atoms with E-state index in [1.165, 1.54) is 5.56 Å². The minimum absolute atomic E-state index is 0.204. The van der Waals surface area contributed by atoms with Gasteiger partial charge >= 0.3 is 0 Å². The van der Waals surface area contributed by atoms with Crippen molar-refractivity contribution in [2.24, 2.45) is 5.92 Å². The predicted molar refractivity (Wildman–Crippen MR) is 80.8 cm³/mol. The molecule has 1 aromatic carbocycles. The highest BCUT2D eigenvalue weighted by Crippen LogP contribution is 2.24. The van der Waals surface area contributed by atoms with Gasteiger partial charge in [0.05, 0.1) is 5.69 Å². The number of fused-ring (bicyclic) bond motifs is 1. The molecule has 0 saturated heterocycles. The van der Waals surface area contributed by atoms with Crippen molar-refractivity contribution < 1.29 is 5.11 Å². The Bertz CT molecular complexity index is 726. The fourth-order valence-electron chi connectivity index (χ4n) is 2.42. The summed E-state index contributed by atoms with van der Waals surface area (Å²) in [5.74, 6) is 0.864. The molecule has 0 aliphatic heterocycles. The van der Waals surface area contributed by atoms with Crippen molar-refractivity contribution in [3.63, 3.8) is 0 Å². The van der Waals surface area contributed by atoms with E-state index in [4.69, 9.17) is 0 Å². The Balaban J connectivity index is 1.96. The van der Waals surface area contributed by atoms with E-state index in [-0.39, 0.29) is 5.75 Å². The molecule has 3 heteroatoms. The molecule has 0 aliphatic rings. The van der Waals surface area contributed by atoms with Crippen LogP contribution in [0.5, 0.6) is 5.75 Å². The van der Waals surface area contributed by atoms with Crippen molar-refractivity contribution in [2.45, 2.75) is 20.3 Å². The van der Waals surface area contributed by atoms with Crippen LogP contribution in [0.3, 0.4) is 0 Å². The predicted octanol–water partition coefficient (Wildman–Crippen LogP) is 3.91. The highest BCUT2D eigenvalue weighted by Gasteiger charge is 2.07. The Labute approximate surface area is 118 Å². The first-order valence-corrected chi connectivity index (χ1v) is 6.89. The molecule has 0 radical (unpaired) electrons. The zero-order valence-electron chi connectivity index (χ0n) is 11.7. The molecular formula is C17H18N2O. The number of rotatable bonds is 3. The summed E-state index contributed by atoms with van der Waals surface area (Å²) in [5.41, 5.74) is 3.88. The molecule has 2 heterocycles. The second kappa shape index (κ2) is 5.00. The highest BCUT2D eigenvalue weighted by molar-refractivity contribution is 5.65. The molecule has 0 spiro atoms. The number of benzene rings is 1. The molecule has 1 N–H and O–H groups in total. The quantitative estimate of drug-likeness (QED) is 0.780. The van der Waals surface area contributed by atoms with Gasteiger partial charge in [0.2, 0.25) is 0 Å². The van der Waals surface area contributed by atoms with Crippen LogP contribution in [0.15, 0.2) is 48.8 Å². The average Bonchev–Trinajstić information content (AvgIpc) is 2.84. The third kappa shape index (κ3) is 2.39. The first kappa shape index (κ1) is 12.7. The number of nitrogens with zero attached hydrogens (tertiary/aromatic N) is 2. The molecule has 0 amide bonds. The molecule has 3 rings (SSSR count). The summed E-state index contributed by atoms with van der Waals surface area (Å²) in [4.78, 5) is 4.49. The number of imidazole rings is 1. The van der Waals surface area contributed by atoms with E-state index in [1.807, 2.05) is 16.8 Å². The van der Waals surface area contributed by atoms with Crippen LogP contribution in [0.25, 0.3) is 16.9 Å². The SMILES string of the molecule is CC(C)Cc1ccc(-c2cn3cccc(O)c3n2)cc1. The summed E-state index contributed by atoms with van der Waals surface area (Å²) in [6, 6.07) is 11.9. The fourth-order valence-corrected chi connectivity index (χ4v) is 2.42. The maximum absolute atomic E-state index is 9.79. The molecule has 3 nitrogen and oxygen atoms in total. The van der Waals surface area contributed by atoms with Crippen LogP contribution in [0.2, 0.25) is 0 Å². The van der Waals surface area contributed by atoms with E-state index in [0.29, 0.717) is 11.6 Å². The van der Waals surface area contributed by atoms with Crippen molar-refractivity contribution in [3.05, 3.63) is 54.4 Å². The first-order valence-electron chi connectivity index (χ1n) is 6.89. The summed E-state index contributed by atoms with van der Waals surface area (Å²) in [7, 11) is 0. The Morgan fingerprint density at radius 2 is 1.90 bits per heavy atom. The van der Waals surface area contributed by atoms with Crippen molar-refractivity contribution in [1.29, 1.82) is 0 Å². The second-order valence-corrected chi connectivity index (χ2v) is 5.55. The van der Waals surface area contributed by atoms with Crippen molar-refractivity contribution in [2.75, 3.05) is 0 Å². The molecule has 0 atom stereocenters. The van der Waals surface area contributed by atoms with Gasteiger partial charge in [0.15, 0.2) is 11.4 Å². The number of hydrogen-bond acceptors (Lipinski definition) is 2. The fraction of sp³-hybridized carbons (Fsp3) is 0.235. The third-order valence-electron chi connectivity index (χ3n) is 3.36. The molecular weight excluding hydrogens is 248 g/mol. The number of hydrogen-bond donors (Lipinski definition) is 1. The van der Waals surface area contributed by atoms with Gasteiger partial charge in [-0.15, -0.1) is 0 Å². The Kier molecular flexibility index (Phi) is 3.18. The molecule has 20 heavy (non-hydrogen) atoms. The normalized spacial score (nSPS) is 11.3. The Morgan fingerprint density at radius 3 is 2.55 bits per heavy atom. The van der Waals surface area contributed by atoms with E-state index in [1.54, 1.807) is 12.1 Å².